The number of nitrogens with one attached hydrogen (secondary N) is 1. The SMILES string of the molecule is CC(C)(C)c1cc(-c2ccc3c(c2)C(C)(C)OC(=S)N3)n(C(=O)O)c1C#N. The number of thiocarbonyl (C=S) groups is 1. The summed E-state index contributed by atoms with van der Waals surface area (Å²) in [5.41, 5.74) is 2.63. The lowest BCUT2D eigenvalue weighted by molar-refractivity contribution is 0.0947. The van der Waals surface area contributed by atoms with E-state index in [0.29, 0.717) is 22.0 Å². The Kier molecular flexibility index (Phi) is 4.28. The molecule has 0 spiro atoms. The van der Waals surface area contributed by atoms with Crippen molar-refractivity contribution in [1.29, 1.82) is 5.26 Å². The first-order valence-electron chi connectivity index (χ1n) is 8.50. The number of rotatable bonds is 1. The van der Waals surface area contributed by atoms with Crippen LogP contribution in [0, 0.1) is 11.3 Å². The molecule has 2 N–H and O–H groups in total. The number of nitriles is 1. The molecule has 1 aromatic heterocycles. The molecule has 0 unspecified atom stereocenters. The summed E-state index contributed by atoms with van der Waals surface area (Å²) >= 11 is 5.14. The fourth-order valence-electron chi connectivity index (χ4n) is 3.34. The standard InChI is InChI=1S/C20H21N3O3S/c1-19(2,3)13-9-15(23(18(24)25)16(13)10-21)11-6-7-14-12(8-11)20(4,5)26-17(27)22-14/h6-9H,1-5H3,(H,22,27)(H,24,25). The summed E-state index contributed by atoms with van der Waals surface area (Å²) in [5, 5.41) is 22.7. The van der Waals surface area contributed by atoms with Crippen LogP contribution >= 0.6 is 12.2 Å². The van der Waals surface area contributed by atoms with Crippen LogP contribution in [0.4, 0.5) is 10.5 Å². The Labute approximate surface area is 163 Å². The smallest absolute Gasteiger partial charge is 0.417 e. The Morgan fingerprint density at radius 1 is 1.33 bits per heavy atom. The van der Waals surface area contributed by atoms with Crippen molar-refractivity contribution in [3.05, 3.63) is 41.1 Å². The molecule has 0 radical (unpaired) electrons. The number of benzene rings is 1. The van der Waals surface area contributed by atoms with Crippen LogP contribution in [-0.2, 0) is 15.8 Å². The highest BCUT2D eigenvalue weighted by molar-refractivity contribution is 7.80. The van der Waals surface area contributed by atoms with Crippen molar-refractivity contribution >= 4 is 29.2 Å². The van der Waals surface area contributed by atoms with Crippen molar-refractivity contribution in [3.63, 3.8) is 0 Å². The summed E-state index contributed by atoms with van der Waals surface area (Å²) in [6.45, 7) is 9.66. The highest BCUT2D eigenvalue weighted by Crippen LogP contribution is 2.40. The first kappa shape index (κ1) is 18.9. The van der Waals surface area contributed by atoms with E-state index in [9.17, 15) is 15.2 Å². The molecule has 0 bridgehead atoms. The molecule has 0 atom stereocenters. The zero-order chi connectivity index (χ0) is 20.1. The number of hydrogen-bond acceptors (Lipinski definition) is 4. The maximum Gasteiger partial charge on any atom is 0.417 e. The molecule has 6 nitrogen and oxygen atoms in total. The van der Waals surface area contributed by atoms with Gasteiger partial charge in [0.1, 0.15) is 17.4 Å². The van der Waals surface area contributed by atoms with Crippen molar-refractivity contribution in [3.8, 4) is 17.3 Å². The summed E-state index contributed by atoms with van der Waals surface area (Å²) in [6, 6.07) is 9.39. The van der Waals surface area contributed by atoms with Crippen molar-refractivity contribution in [2.24, 2.45) is 0 Å². The molecule has 1 aromatic carbocycles. The summed E-state index contributed by atoms with van der Waals surface area (Å²) in [4.78, 5) is 11.9. The van der Waals surface area contributed by atoms with Gasteiger partial charge in [-0.05, 0) is 60.8 Å². The summed E-state index contributed by atoms with van der Waals surface area (Å²) in [6.07, 6.45) is -1.19. The van der Waals surface area contributed by atoms with Crippen LogP contribution in [0.15, 0.2) is 24.3 Å². The van der Waals surface area contributed by atoms with Crippen molar-refractivity contribution in [1.82, 2.24) is 4.57 Å². The fourth-order valence-corrected chi connectivity index (χ4v) is 3.65. The molecule has 140 valence electrons. The number of ether oxygens (including phenoxy) is 1. The molecule has 0 saturated carbocycles. The van der Waals surface area contributed by atoms with Gasteiger partial charge in [-0.2, -0.15) is 5.26 Å². The lowest BCUT2D eigenvalue weighted by atomic mass is 9.86. The van der Waals surface area contributed by atoms with E-state index in [2.05, 4.69) is 11.4 Å². The van der Waals surface area contributed by atoms with Crippen molar-refractivity contribution in [2.75, 3.05) is 5.32 Å². The maximum absolute atomic E-state index is 11.9. The van der Waals surface area contributed by atoms with Gasteiger partial charge in [-0.1, -0.05) is 26.8 Å². The number of hydrogen-bond donors (Lipinski definition) is 2. The Morgan fingerprint density at radius 3 is 2.56 bits per heavy atom. The molecule has 0 fully saturated rings. The van der Waals surface area contributed by atoms with Crippen LogP contribution in [0.3, 0.4) is 0 Å². The largest absolute Gasteiger partial charge is 0.464 e. The molecule has 1 aliphatic rings. The third-order valence-corrected chi connectivity index (χ3v) is 4.84. The summed E-state index contributed by atoms with van der Waals surface area (Å²) in [5.74, 6) is 0. The van der Waals surface area contributed by atoms with Crippen LogP contribution in [0.1, 0.15) is 51.4 Å². The molecular formula is C20H21N3O3S. The third kappa shape index (κ3) is 3.17. The monoisotopic (exact) mass is 383 g/mol. The lowest BCUT2D eigenvalue weighted by Gasteiger charge is -2.34. The van der Waals surface area contributed by atoms with E-state index in [4.69, 9.17) is 17.0 Å². The van der Waals surface area contributed by atoms with Gasteiger partial charge in [-0.3, -0.25) is 0 Å². The van der Waals surface area contributed by atoms with Gasteiger partial charge in [0.2, 0.25) is 0 Å². The maximum atomic E-state index is 11.9. The minimum atomic E-state index is -1.19. The number of fused-ring (bicyclic) bond motifs is 1. The second kappa shape index (κ2) is 6.10. The van der Waals surface area contributed by atoms with E-state index in [-0.39, 0.29) is 11.1 Å². The zero-order valence-electron chi connectivity index (χ0n) is 15.9. The second-order valence-electron chi connectivity index (χ2n) is 8.06. The molecule has 3 rings (SSSR count). The Hall–Kier alpha value is -2.85. The molecule has 27 heavy (non-hydrogen) atoms. The molecule has 1 aliphatic heterocycles. The van der Waals surface area contributed by atoms with E-state index in [1.165, 1.54) is 0 Å². The Bertz CT molecular complexity index is 1010. The molecule has 7 heteroatoms. The number of carbonyl (C=O) groups is 1. The lowest BCUT2D eigenvalue weighted by Crippen LogP contribution is -2.34. The van der Waals surface area contributed by atoms with Crippen molar-refractivity contribution in [2.45, 2.75) is 45.6 Å². The number of carboxylic acid groups (broad SMARTS) is 1. The van der Waals surface area contributed by atoms with Gasteiger partial charge in [-0.15, -0.1) is 0 Å². The normalized spacial score (nSPS) is 15.3. The summed E-state index contributed by atoms with van der Waals surface area (Å²) in [7, 11) is 0. The topological polar surface area (TPSA) is 87.3 Å². The number of nitrogens with zero attached hydrogens (tertiary/aromatic N) is 2. The van der Waals surface area contributed by atoms with Crippen LogP contribution in [0.2, 0.25) is 0 Å². The van der Waals surface area contributed by atoms with Gasteiger partial charge in [0.05, 0.1) is 5.69 Å². The van der Waals surface area contributed by atoms with Gasteiger partial charge >= 0.3 is 6.09 Å². The Balaban J connectivity index is 2.27. The van der Waals surface area contributed by atoms with Gasteiger partial charge < -0.3 is 15.2 Å². The van der Waals surface area contributed by atoms with E-state index in [1.807, 2.05) is 52.8 Å². The minimum Gasteiger partial charge on any atom is -0.464 e. The molecular weight excluding hydrogens is 362 g/mol. The third-order valence-electron chi connectivity index (χ3n) is 4.65. The quantitative estimate of drug-likeness (QED) is 0.687. The average Bonchev–Trinajstić information content (AvgIpc) is 2.93. The average molecular weight is 383 g/mol. The van der Waals surface area contributed by atoms with E-state index < -0.39 is 11.7 Å². The number of anilines is 1. The van der Waals surface area contributed by atoms with E-state index >= 15 is 0 Å². The van der Waals surface area contributed by atoms with Gasteiger partial charge in [0.15, 0.2) is 0 Å². The minimum absolute atomic E-state index is 0.137. The zero-order valence-corrected chi connectivity index (χ0v) is 16.7. The molecule has 0 saturated heterocycles. The van der Waals surface area contributed by atoms with Crippen molar-refractivity contribution < 1.29 is 14.6 Å². The van der Waals surface area contributed by atoms with Gasteiger partial charge in [0.25, 0.3) is 5.17 Å². The van der Waals surface area contributed by atoms with Crippen LogP contribution in [-0.4, -0.2) is 20.9 Å². The molecule has 2 heterocycles. The summed E-state index contributed by atoms with van der Waals surface area (Å²) < 4.78 is 6.77. The number of aromatic nitrogens is 1. The predicted molar refractivity (Wildman–Crippen MR) is 107 cm³/mol. The Morgan fingerprint density at radius 2 is 2.00 bits per heavy atom. The molecule has 0 aliphatic carbocycles. The van der Waals surface area contributed by atoms with Gasteiger partial charge in [0, 0.05) is 11.3 Å². The van der Waals surface area contributed by atoms with Crippen LogP contribution < -0.4 is 5.32 Å². The van der Waals surface area contributed by atoms with Gasteiger partial charge in [-0.25, -0.2) is 9.36 Å². The second-order valence-corrected chi connectivity index (χ2v) is 8.43. The highest BCUT2D eigenvalue weighted by Gasteiger charge is 2.33. The fraction of sp³-hybridized carbons (Fsp3) is 0.350. The predicted octanol–water partition coefficient (Wildman–Crippen LogP) is 4.81. The molecule has 0 amide bonds. The van der Waals surface area contributed by atoms with E-state index in [0.717, 1.165) is 15.8 Å². The first-order chi connectivity index (χ1) is 12.5. The molecule has 2 aromatic rings. The first-order valence-corrected chi connectivity index (χ1v) is 8.91. The van der Waals surface area contributed by atoms with Crippen LogP contribution in [0.5, 0.6) is 0 Å². The van der Waals surface area contributed by atoms with E-state index in [1.54, 1.807) is 6.07 Å². The van der Waals surface area contributed by atoms with Crippen LogP contribution in [0.25, 0.3) is 11.3 Å². The highest BCUT2D eigenvalue weighted by atomic mass is 32.1.